The number of rotatable bonds is 6. The van der Waals surface area contributed by atoms with Crippen LogP contribution >= 0.6 is 23.1 Å². The molecule has 2 aromatic carbocycles. The highest BCUT2D eigenvalue weighted by atomic mass is 32.2. The van der Waals surface area contributed by atoms with E-state index >= 15 is 0 Å². The third-order valence-corrected chi connectivity index (χ3v) is 6.93. The Hall–Kier alpha value is -3.37. The number of aromatic nitrogens is 4. The van der Waals surface area contributed by atoms with E-state index in [9.17, 15) is 9.59 Å². The van der Waals surface area contributed by atoms with E-state index < -0.39 is 6.09 Å². The Kier molecular flexibility index (Phi) is 6.90. The molecule has 0 radical (unpaired) electrons. The summed E-state index contributed by atoms with van der Waals surface area (Å²) in [6, 6.07) is 17.4. The van der Waals surface area contributed by atoms with Gasteiger partial charge in [-0.15, -0.1) is 0 Å². The Bertz CT molecular complexity index is 1340. The van der Waals surface area contributed by atoms with Gasteiger partial charge in [0.25, 0.3) is 5.19 Å². The molecule has 2 heterocycles. The first kappa shape index (κ1) is 23.8. The first-order valence-electron chi connectivity index (χ1n) is 10.6. The van der Waals surface area contributed by atoms with Crippen LogP contribution in [-0.4, -0.2) is 31.0 Å². The molecule has 0 saturated heterocycles. The summed E-state index contributed by atoms with van der Waals surface area (Å²) in [7, 11) is 0. The summed E-state index contributed by atoms with van der Waals surface area (Å²) in [4.78, 5) is 30.1. The van der Waals surface area contributed by atoms with Crippen LogP contribution in [0.5, 0.6) is 5.19 Å². The van der Waals surface area contributed by atoms with Gasteiger partial charge in [0.2, 0.25) is 0 Å². The number of aryl methyl sites for hydroxylation is 1. The van der Waals surface area contributed by atoms with Crippen LogP contribution in [0.2, 0.25) is 0 Å². The summed E-state index contributed by atoms with van der Waals surface area (Å²) in [5.41, 5.74) is 1.92. The number of benzene rings is 2. The van der Waals surface area contributed by atoms with Crippen LogP contribution in [-0.2, 0) is 6.54 Å². The van der Waals surface area contributed by atoms with Gasteiger partial charge in [-0.1, -0.05) is 53.4 Å². The van der Waals surface area contributed by atoms with Crippen LogP contribution in [0.15, 0.2) is 74.8 Å². The molecule has 4 aromatic rings. The van der Waals surface area contributed by atoms with Crippen LogP contribution in [0.4, 0.5) is 4.79 Å². The highest BCUT2D eigenvalue weighted by Gasteiger charge is 2.18. The molecular formula is C24H25N5O3S2. The third-order valence-electron chi connectivity index (χ3n) is 4.61. The zero-order valence-electron chi connectivity index (χ0n) is 19.3. The molecule has 1 N–H and O–H groups in total. The normalized spacial score (nSPS) is 11.4. The predicted molar refractivity (Wildman–Crippen MR) is 133 cm³/mol. The Morgan fingerprint density at radius 1 is 1.12 bits per heavy atom. The number of hydrogen-bond acceptors (Lipinski definition) is 7. The van der Waals surface area contributed by atoms with E-state index in [0.717, 1.165) is 20.4 Å². The number of nitrogens with zero attached hydrogens (tertiary/aromatic N) is 4. The van der Waals surface area contributed by atoms with Crippen LogP contribution in [0, 0.1) is 6.92 Å². The maximum absolute atomic E-state index is 12.8. The average molecular weight is 496 g/mol. The van der Waals surface area contributed by atoms with Gasteiger partial charge in [0.1, 0.15) is 6.33 Å². The van der Waals surface area contributed by atoms with Crippen LogP contribution in [0.1, 0.15) is 32.0 Å². The van der Waals surface area contributed by atoms with Gasteiger partial charge in [-0.25, -0.2) is 14.6 Å². The molecule has 0 aliphatic heterocycles. The van der Waals surface area contributed by atoms with E-state index in [4.69, 9.17) is 4.74 Å². The second kappa shape index (κ2) is 9.86. The van der Waals surface area contributed by atoms with Gasteiger partial charge in [0.05, 0.1) is 22.1 Å². The SMILES string of the molecule is Cc1nc(OC(=O)NC(C)(C)C)sc1Sc1ccc(-n2ncn(Cc3ccccc3)c2=O)cc1. The molecule has 0 aliphatic carbocycles. The number of carbonyl (C=O) groups is 1. The molecule has 0 atom stereocenters. The van der Waals surface area contributed by atoms with Gasteiger partial charge in [-0.05, 0) is 57.5 Å². The number of hydrogen-bond donors (Lipinski definition) is 1. The summed E-state index contributed by atoms with van der Waals surface area (Å²) >= 11 is 2.84. The summed E-state index contributed by atoms with van der Waals surface area (Å²) in [6.07, 6.45) is 1.02. The number of carbonyl (C=O) groups excluding carboxylic acids is 1. The molecule has 0 unspecified atom stereocenters. The van der Waals surface area contributed by atoms with Crippen molar-refractivity contribution in [3.8, 4) is 10.9 Å². The van der Waals surface area contributed by atoms with Crippen molar-refractivity contribution in [3.05, 3.63) is 82.7 Å². The Morgan fingerprint density at radius 2 is 1.82 bits per heavy atom. The smallest absolute Gasteiger partial charge is 0.381 e. The molecule has 0 fully saturated rings. The first-order valence-corrected chi connectivity index (χ1v) is 12.3. The van der Waals surface area contributed by atoms with Gasteiger partial charge in [0, 0.05) is 10.4 Å². The van der Waals surface area contributed by atoms with Gasteiger partial charge < -0.3 is 10.1 Å². The Labute approximate surface area is 205 Å². The monoisotopic (exact) mass is 495 g/mol. The fourth-order valence-corrected chi connectivity index (χ4v) is 5.07. The van der Waals surface area contributed by atoms with Crippen molar-refractivity contribution in [3.63, 3.8) is 0 Å². The lowest BCUT2D eigenvalue weighted by atomic mass is 10.1. The first-order chi connectivity index (χ1) is 16.2. The van der Waals surface area contributed by atoms with Crippen molar-refractivity contribution in [2.75, 3.05) is 0 Å². The largest absolute Gasteiger partial charge is 0.414 e. The average Bonchev–Trinajstić information content (AvgIpc) is 3.30. The second-order valence-corrected chi connectivity index (χ2v) is 11.0. The highest BCUT2D eigenvalue weighted by Crippen LogP contribution is 2.38. The molecule has 0 bridgehead atoms. The zero-order valence-corrected chi connectivity index (χ0v) is 20.9. The van der Waals surface area contributed by atoms with Crippen molar-refractivity contribution >= 4 is 29.2 Å². The second-order valence-electron chi connectivity index (χ2n) is 8.65. The van der Waals surface area contributed by atoms with Crippen molar-refractivity contribution in [1.82, 2.24) is 24.6 Å². The standard InChI is InChI=1S/C24H25N5O3S2/c1-16-20(34-22(26-16)32-21(30)27-24(2,3)4)33-19-12-10-18(11-13-19)29-23(31)28(15-25-29)14-17-8-6-5-7-9-17/h5-13,15H,14H2,1-4H3,(H,27,30). The molecule has 0 saturated carbocycles. The zero-order chi connectivity index (χ0) is 24.3. The minimum atomic E-state index is -0.528. The quantitative estimate of drug-likeness (QED) is 0.410. The van der Waals surface area contributed by atoms with Crippen LogP contribution < -0.4 is 15.7 Å². The maximum atomic E-state index is 12.8. The topological polar surface area (TPSA) is 91.0 Å². The van der Waals surface area contributed by atoms with E-state index in [1.54, 1.807) is 10.9 Å². The van der Waals surface area contributed by atoms with Crippen molar-refractivity contribution in [2.24, 2.45) is 0 Å². The minimum absolute atomic E-state index is 0.196. The number of nitrogens with one attached hydrogen (secondary N) is 1. The van der Waals surface area contributed by atoms with Crippen LogP contribution in [0.25, 0.3) is 5.69 Å². The van der Waals surface area contributed by atoms with Crippen molar-refractivity contribution in [2.45, 2.75) is 48.9 Å². The summed E-state index contributed by atoms with van der Waals surface area (Å²) < 4.78 is 9.21. The van der Waals surface area contributed by atoms with Crippen molar-refractivity contribution in [1.29, 1.82) is 0 Å². The molecule has 176 valence electrons. The lowest BCUT2D eigenvalue weighted by molar-refractivity contribution is 0.190. The molecular weight excluding hydrogens is 470 g/mol. The fraction of sp³-hybridized carbons (Fsp3) is 0.250. The van der Waals surface area contributed by atoms with E-state index in [1.807, 2.05) is 82.3 Å². The molecule has 10 heteroatoms. The predicted octanol–water partition coefficient (Wildman–Crippen LogP) is 4.89. The molecule has 34 heavy (non-hydrogen) atoms. The number of thiazole rings is 1. The molecule has 8 nitrogen and oxygen atoms in total. The van der Waals surface area contributed by atoms with Gasteiger partial charge in [0.15, 0.2) is 0 Å². The van der Waals surface area contributed by atoms with E-state index in [0.29, 0.717) is 17.4 Å². The van der Waals surface area contributed by atoms with Crippen LogP contribution in [0.3, 0.4) is 0 Å². The molecule has 4 rings (SSSR count). The molecule has 0 aliphatic rings. The number of amides is 1. The Balaban J connectivity index is 1.43. The third kappa shape index (κ3) is 5.95. The van der Waals surface area contributed by atoms with Gasteiger partial charge >= 0.3 is 11.8 Å². The maximum Gasteiger partial charge on any atom is 0.414 e. The fourth-order valence-electron chi connectivity index (χ4n) is 3.07. The highest BCUT2D eigenvalue weighted by molar-refractivity contribution is 8.01. The minimum Gasteiger partial charge on any atom is -0.381 e. The number of ether oxygens (including phenoxy) is 1. The molecule has 2 aromatic heterocycles. The van der Waals surface area contributed by atoms with Gasteiger partial charge in [-0.3, -0.25) is 4.57 Å². The molecule has 0 spiro atoms. The summed E-state index contributed by atoms with van der Waals surface area (Å²) in [6.45, 7) is 7.99. The van der Waals surface area contributed by atoms with E-state index in [2.05, 4.69) is 15.4 Å². The lowest BCUT2D eigenvalue weighted by Gasteiger charge is -2.18. The summed E-state index contributed by atoms with van der Waals surface area (Å²) in [5.74, 6) is 0. The Morgan fingerprint density at radius 3 is 2.50 bits per heavy atom. The van der Waals surface area contributed by atoms with E-state index in [-0.39, 0.29) is 11.2 Å². The molecule has 1 amide bonds. The lowest BCUT2D eigenvalue weighted by Crippen LogP contribution is -2.42. The van der Waals surface area contributed by atoms with Gasteiger partial charge in [-0.2, -0.15) is 9.78 Å². The van der Waals surface area contributed by atoms with Crippen molar-refractivity contribution < 1.29 is 9.53 Å². The van der Waals surface area contributed by atoms with E-state index in [1.165, 1.54) is 27.8 Å². The summed E-state index contributed by atoms with van der Waals surface area (Å²) in [5, 5.41) is 7.31.